The minimum absolute atomic E-state index is 0. The number of hydrogen-bond donors (Lipinski definition) is 0. The van der Waals surface area contributed by atoms with Crippen LogP contribution in [-0.4, -0.2) is 38.1 Å². The molecule has 4 nitrogen and oxygen atoms in total. The van der Waals surface area contributed by atoms with Gasteiger partial charge in [0.2, 0.25) is 0 Å². The third kappa shape index (κ3) is 7.96. The quantitative estimate of drug-likeness (QED) is 0.225. The minimum atomic E-state index is -0.597. The molecule has 0 unspecified atom stereocenters. The Morgan fingerprint density at radius 2 is 1.69 bits per heavy atom. The van der Waals surface area contributed by atoms with Gasteiger partial charge in [-0.2, -0.15) is 4.89 Å². The van der Waals surface area contributed by atoms with Gasteiger partial charge >= 0.3 is 5.97 Å². The molecule has 0 atom stereocenters. The molecule has 0 N–H and O–H groups in total. The van der Waals surface area contributed by atoms with Crippen LogP contribution in [0.2, 0.25) is 0 Å². The van der Waals surface area contributed by atoms with E-state index in [4.69, 9.17) is 0 Å². The van der Waals surface area contributed by atoms with Crippen molar-refractivity contribution in [2.24, 2.45) is 5.92 Å². The van der Waals surface area contributed by atoms with Crippen molar-refractivity contribution < 1.29 is 19.4 Å². The van der Waals surface area contributed by atoms with Gasteiger partial charge in [-0.05, 0) is 19.3 Å². The Morgan fingerprint density at radius 3 is 2.12 bits per heavy atom. The third-order valence-electron chi connectivity index (χ3n) is 2.20. The second-order valence-corrected chi connectivity index (χ2v) is 3.43. The first-order valence-electron chi connectivity index (χ1n) is 5.50. The van der Waals surface area contributed by atoms with Gasteiger partial charge in [0.05, 0.1) is 6.61 Å². The summed E-state index contributed by atoms with van der Waals surface area (Å²) >= 11 is 0. The van der Waals surface area contributed by atoms with E-state index in [1.807, 2.05) is 20.8 Å². The molecule has 5 heteroatoms. The summed E-state index contributed by atoms with van der Waals surface area (Å²) in [6.45, 7) is 6.14. The molecule has 0 saturated carbocycles. The van der Waals surface area contributed by atoms with Crippen LogP contribution in [0.15, 0.2) is 0 Å². The predicted octanol–water partition coefficient (Wildman–Crippen LogP) is 1.89. The second kappa shape index (κ2) is 11.2. The number of hydrogen-bond acceptors (Lipinski definition) is 4. The molecule has 3 radical (unpaired) electrons. The zero-order valence-electron chi connectivity index (χ0n) is 10.3. The van der Waals surface area contributed by atoms with Gasteiger partial charge in [0.15, 0.2) is 0 Å². The molecule has 0 aromatic rings. The molecular formula is C11H20GaO4. The van der Waals surface area contributed by atoms with E-state index in [-0.39, 0.29) is 37.9 Å². The van der Waals surface area contributed by atoms with Crippen molar-refractivity contribution in [2.75, 3.05) is 6.61 Å². The molecule has 0 aromatic carbocycles. The summed E-state index contributed by atoms with van der Waals surface area (Å²) in [6.07, 6.45) is 2.11. The first kappa shape index (κ1) is 18.1. The van der Waals surface area contributed by atoms with Gasteiger partial charge in [0.1, 0.15) is 12.2 Å². The Balaban J connectivity index is 0. The number of Topliss-reactive ketones (excluding diaryl/α,β-unsaturated/α-hetero) is 1. The SMILES string of the molecule is CCCOOC(=O)CC(=O)C(CC)CC.[Ga]. The van der Waals surface area contributed by atoms with Gasteiger partial charge < -0.3 is 0 Å². The maximum Gasteiger partial charge on any atom is 0.349 e. The second-order valence-electron chi connectivity index (χ2n) is 3.43. The van der Waals surface area contributed by atoms with Gasteiger partial charge in [-0.15, -0.1) is 0 Å². The maximum absolute atomic E-state index is 11.5. The molecule has 0 aliphatic heterocycles. The topological polar surface area (TPSA) is 52.6 Å². The summed E-state index contributed by atoms with van der Waals surface area (Å²) in [5.74, 6) is -0.700. The minimum Gasteiger partial charge on any atom is -0.299 e. The van der Waals surface area contributed by atoms with E-state index in [2.05, 4.69) is 9.78 Å². The summed E-state index contributed by atoms with van der Waals surface area (Å²) in [4.78, 5) is 31.6. The Labute approximate surface area is 110 Å². The summed E-state index contributed by atoms with van der Waals surface area (Å²) in [5.41, 5.74) is 0. The molecule has 0 saturated heterocycles. The van der Waals surface area contributed by atoms with Gasteiger partial charge in [-0.3, -0.25) is 9.68 Å². The summed E-state index contributed by atoms with van der Waals surface area (Å²) in [5, 5.41) is 0. The van der Waals surface area contributed by atoms with Crippen LogP contribution in [0.4, 0.5) is 0 Å². The fourth-order valence-corrected chi connectivity index (χ4v) is 1.25. The molecule has 0 aliphatic rings. The molecular weight excluding hydrogens is 266 g/mol. The third-order valence-corrected chi connectivity index (χ3v) is 2.20. The number of carbonyl (C=O) groups is 2. The van der Waals surface area contributed by atoms with Crippen LogP contribution in [0.3, 0.4) is 0 Å². The molecule has 91 valence electrons. The van der Waals surface area contributed by atoms with Crippen molar-refractivity contribution in [1.82, 2.24) is 0 Å². The van der Waals surface area contributed by atoms with Crippen LogP contribution < -0.4 is 0 Å². The Bertz CT molecular complexity index is 202. The molecule has 0 heterocycles. The molecule has 0 fully saturated rings. The molecule has 0 rings (SSSR count). The normalized spacial score (nSPS) is 9.75. The van der Waals surface area contributed by atoms with Crippen LogP contribution in [0, 0.1) is 5.92 Å². The fraction of sp³-hybridized carbons (Fsp3) is 0.818. The number of carbonyl (C=O) groups excluding carboxylic acids is 2. The van der Waals surface area contributed by atoms with E-state index < -0.39 is 5.97 Å². The maximum atomic E-state index is 11.5. The van der Waals surface area contributed by atoms with Crippen molar-refractivity contribution in [3.05, 3.63) is 0 Å². The van der Waals surface area contributed by atoms with E-state index in [1.54, 1.807) is 0 Å². The average Bonchev–Trinajstić information content (AvgIpc) is 2.20. The standard InChI is InChI=1S/C11H20O4.Ga/c1-4-7-14-15-11(13)8-10(12)9(5-2)6-3;/h9H,4-8H2,1-3H3;. The first-order chi connectivity index (χ1) is 7.15. The van der Waals surface area contributed by atoms with Crippen molar-refractivity contribution in [2.45, 2.75) is 46.5 Å². The van der Waals surface area contributed by atoms with Crippen molar-refractivity contribution in [3.63, 3.8) is 0 Å². The fourth-order valence-electron chi connectivity index (χ4n) is 1.25. The molecule has 0 bridgehead atoms. The number of rotatable bonds is 8. The van der Waals surface area contributed by atoms with Gasteiger partial charge in [-0.1, -0.05) is 20.8 Å². The zero-order valence-corrected chi connectivity index (χ0v) is 12.7. The molecule has 0 aromatic heterocycles. The van der Waals surface area contributed by atoms with Crippen molar-refractivity contribution in [3.8, 4) is 0 Å². The van der Waals surface area contributed by atoms with E-state index in [1.165, 1.54) is 0 Å². The number of ketones is 1. The summed E-state index contributed by atoms with van der Waals surface area (Å²) in [6, 6.07) is 0. The molecule has 0 spiro atoms. The van der Waals surface area contributed by atoms with E-state index in [0.29, 0.717) is 6.61 Å². The molecule has 0 amide bonds. The van der Waals surface area contributed by atoms with Crippen LogP contribution in [0.5, 0.6) is 0 Å². The van der Waals surface area contributed by atoms with E-state index >= 15 is 0 Å². The summed E-state index contributed by atoms with van der Waals surface area (Å²) < 4.78 is 0. The zero-order chi connectivity index (χ0) is 11.7. The van der Waals surface area contributed by atoms with E-state index in [9.17, 15) is 9.59 Å². The van der Waals surface area contributed by atoms with Crippen LogP contribution in [-0.2, 0) is 19.4 Å². The van der Waals surface area contributed by atoms with Crippen molar-refractivity contribution >= 4 is 31.5 Å². The monoisotopic (exact) mass is 285 g/mol. The van der Waals surface area contributed by atoms with Gasteiger partial charge in [0, 0.05) is 25.7 Å². The molecule has 0 aliphatic carbocycles. The van der Waals surface area contributed by atoms with Gasteiger partial charge in [-0.25, -0.2) is 4.79 Å². The van der Waals surface area contributed by atoms with Crippen molar-refractivity contribution in [1.29, 1.82) is 0 Å². The Kier molecular flexibility index (Phi) is 12.7. The Hall–Kier alpha value is -0.264. The van der Waals surface area contributed by atoms with Crippen LogP contribution >= 0.6 is 0 Å². The smallest absolute Gasteiger partial charge is 0.299 e. The predicted molar refractivity (Wildman–Crippen MR) is 61.8 cm³/mol. The first-order valence-corrected chi connectivity index (χ1v) is 5.50. The van der Waals surface area contributed by atoms with E-state index in [0.717, 1.165) is 19.3 Å². The van der Waals surface area contributed by atoms with Gasteiger partial charge in [0.25, 0.3) is 0 Å². The van der Waals surface area contributed by atoms with Crippen LogP contribution in [0.1, 0.15) is 46.5 Å². The summed E-state index contributed by atoms with van der Waals surface area (Å²) in [7, 11) is 0. The Morgan fingerprint density at radius 1 is 1.12 bits per heavy atom. The average molecular weight is 286 g/mol. The largest absolute Gasteiger partial charge is 0.349 e. The van der Waals surface area contributed by atoms with Crippen LogP contribution in [0.25, 0.3) is 0 Å². The molecule has 16 heavy (non-hydrogen) atoms.